The van der Waals surface area contributed by atoms with Crippen LogP contribution in [0.25, 0.3) is 0 Å². The smallest absolute Gasteiger partial charge is 0.326 e. The summed E-state index contributed by atoms with van der Waals surface area (Å²) in [6.07, 6.45) is -2.35. The molecule has 0 aromatic rings. The van der Waals surface area contributed by atoms with Crippen LogP contribution in [0.1, 0.15) is 192 Å². The molecule has 20 amide bonds. The van der Waals surface area contributed by atoms with Crippen LogP contribution >= 0.6 is 0 Å². The molecule has 4 rings (SSSR count). The van der Waals surface area contributed by atoms with Gasteiger partial charge in [-0.1, -0.05) is 27.7 Å². The molecule has 53 heteroatoms. The first-order chi connectivity index (χ1) is 64.2. The summed E-state index contributed by atoms with van der Waals surface area (Å²) >= 11 is 0. The van der Waals surface area contributed by atoms with E-state index in [1.54, 1.807) is 13.8 Å². The lowest BCUT2D eigenvalue weighted by molar-refractivity contribution is -0.145. The number of aliphatic hydroxyl groups is 3. The third-order valence-corrected chi connectivity index (χ3v) is 23.5. The number of nitrogens with one attached hydrogen (secondary N) is 19. The molecule has 137 heavy (non-hydrogen) atoms. The molecule has 0 aliphatic carbocycles. The molecule has 0 unspecified atom stereocenters. The normalized spacial score (nSPS) is 19.4. The molecule has 0 radical (unpaired) electrons. The minimum atomic E-state index is -1.76. The highest BCUT2D eigenvalue weighted by Gasteiger charge is 2.46. The quantitative estimate of drug-likeness (QED) is 0.0153. The number of carbonyl (C=O) groups is 21. The van der Waals surface area contributed by atoms with Crippen molar-refractivity contribution in [1.29, 1.82) is 10.8 Å². The van der Waals surface area contributed by atoms with E-state index in [0.29, 0.717) is 38.5 Å². The summed E-state index contributed by atoms with van der Waals surface area (Å²) in [5.74, 6) is -20.9. The standard InChI is InChI=1S/C84H144N28O25/c1-39(2)61(76(130)108-63(47(11)114)75(129)95-38-59(118)101-51(21-13-14-30-85)79(133)110-34-18-26-55(110)73(127)104-52(82(136)137)23-16-32-93-84(90)91)105-67(121)41(5)96-58(117)37-94-69(123)50(28-29-57(86)116)103-65(119)42(6)97-70(124)49(22-15-31-92-83(88)89)102-66(120)43(7)98-72(126)54-25-20-36-112(54)81(135)62(40(3)4)106-74(128)56-27-17-33-109(56)78(132)45(9)100-77(131)64(48(12)115)107-68(122)44(8)99-71(125)53-24-19-35-111(53)80(134)60(87)46(10)113/h39-56,60-64,113-115H,13-38,85,87H2,1-12H3,(H2,86,116)(H,94,123)(H,95,129)(H,96,117)(H,97,124)(H,98,126)(H,99,125)(H,100,131)(H,101,118)(H,102,120)(H,103,119)(H,104,127)(H,105,121)(H,106,128)(H,107,122)(H,108,130)(H,136,137)(H4,88,89,92)(H4,90,91,93)/t41-,42-,43-,44-,45-,46+,47+,48+,49-,50-,51-,52-,53-,54-,55-,56-,60-,61-,62-,63-,64-/m0/s1. The predicted molar refractivity (Wildman–Crippen MR) is 488 cm³/mol. The Kier molecular flexibility index (Phi) is 48.2. The zero-order valence-corrected chi connectivity index (χ0v) is 79.7. The van der Waals surface area contributed by atoms with E-state index >= 15 is 0 Å². The van der Waals surface area contributed by atoms with Crippen molar-refractivity contribution >= 4 is 136 Å². The molecule has 53 nitrogen and oxygen atoms in total. The average molecular weight is 1950 g/mol. The fourth-order valence-corrected chi connectivity index (χ4v) is 15.6. The first-order valence-electron chi connectivity index (χ1n) is 46.1. The number of carboxylic acids is 1. The topological polar surface area (TPSA) is 835 Å². The Labute approximate surface area is 793 Å². The number of guanidine groups is 2. The molecule has 0 aromatic carbocycles. The summed E-state index contributed by atoms with van der Waals surface area (Å²) in [4.78, 5) is 291. The third kappa shape index (κ3) is 37.0. The molecule has 4 saturated heterocycles. The fourth-order valence-electron chi connectivity index (χ4n) is 15.6. The van der Waals surface area contributed by atoms with Gasteiger partial charge in [-0.2, -0.15) is 0 Å². The Morgan fingerprint density at radius 1 is 0.336 bits per heavy atom. The van der Waals surface area contributed by atoms with Gasteiger partial charge in [0.1, 0.15) is 109 Å². The van der Waals surface area contributed by atoms with Crippen molar-refractivity contribution in [1.82, 2.24) is 110 Å². The maximum Gasteiger partial charge on any atom is 0.326 e. The number of nitrogens with zero attached hydrogens (tertiary/aromatic N) is 4. The number of hydrogen-bond donors (Lipinski definition) is 28. The van der Waals surface area contributed by atoms with E-state index in [1.807, 2.05) is 0 Å². The van der Waals surface area contributed by atoms with E-state index in [-0.39, 0.29) is 110 Å². The lowest BCUT2D eigenvalue weighted by Gasteiger charge is -2.33. The van der Waals surface area contributed by atoms with Gasteiger partial charge in [-0.3, -0.25) is 107 Å². The Morgan fingerprint density at radius 3 is 1.15 bits per heavy atom. The number of aliphatic hydroxyl groups excluding tert-OH is 3. The monoisotopic (exact) mass is 1950 g/mol. The third-order valence-electron chi connectivity index (χ3n) is 23.5. The molecule has 21 atom stereocenters. The number of carboxylic acid groups (broad SMARTS) is 1. The Hall–Kier alpha value is -12.8. The maximum absolute atomic E-state index is 14.6. The number of likely N-dealkylation sites (tertiary alicyclic amines) is 4. The van der Waals surface area contributed by atoms with Crippen LogP contribution in [-0.2, 0) is 101 Å². The average Bonchev–Trinajstić information content (AvgIpc) is 1.75. The molecule has 770 valence electrons. The van der Waals surface area contributed by atoms with Gasteiger partial charge in [0.05, 0.1) is 31.4 Å². The molecule has 0 spiro atoms. The van der Waals surface area contributed by atoms with Gasteiger partial charge in [0.25, 0.3) is 0 Å². The largest absolute Gasteiger partial charge is 0.480 e. The molecule has 4 heterocycles. The molecular formula is C84H144N28O25. The molecule has 4 aliphatic heterocycles. The van der Waals surface area contributed by atoms with E-state index in [2.05, 4.69) is 90.4 Å². The van der Waals surface area contributed by atoms with Crippen LogP contribution < -0.4 is 119 Å². The summed E-state index contributed by atoms with van der Waals surface area (Å²) in [7, 11) is 0. The summed E-state index contributed by atoms with van der Waals surface area (Å²) < 4.78 is 0. The van der Waals surface area contributed by atoms with E-state index < -0.39 is 295 Å². The fraction of sp³-hybridized carbons (Fsp3) is 0.726. The number of primary amides is 1. The number of carbonyl (C=O) groups excluding carboxylic acids is 20. The van der Waals surface area contributed by atoms with Crippen LogP contribution in [0.3, 0.4) is 0 Å². The van der Waals surface area contributed by atoms with Crippen molar-refractivity contribution in [3.8, 4) is 0 Å². The Morgan fingerprint density at radius 2 is 0.701 bits per heavy atom. The van der Waals surface area contributed by atoms with E-state index in [0.717, 1.165) is 6.92 Å². The first-order valence-corrected chi connectivity index (χ1v) is 46.1. The lowest BCUT2D eigenvalue weighted by Crippen LogP contribution is -2.61. The van der Waals surface area contributed by atoms with Gasteiger partial charge in [0, 0.05) is 45.7 Å². The van der Waals surface area contributed by atoms with Gasteiger partial charge in [0.2, 0.25) is 118 Å². The van der Waals surface area contributed by atoms with Gasteiger partial charge in [-0.25, -0.2) is 4.79 Å². The molecule has 33 N–H and O–H groups in total. The minimum absolute atomic E-state index is 0.00870. The van der Waals surface area contributed by atoms with Crippen molar-refractivity contribution < 1.29 is 121 Å². The van der Waals surface area contributed by atoms with E-state index in [9.17, 15) is 121 Å². The number of amides is 20. The highest BCUT2D eigenvalue weighted by molar-refractivity contribution is 6.02. The first kappa shape index (κ1) is 117. The van der Waals surface area contributed by atoms with Crippen LogP contribution in [-0.4, -0.2) is 362 Å². The second-order valence-electron chi connectivity index (χ2n) is 35.5. The second kappa shape index (κ2) is 56.7. The lowest BCUT2D eigenvalue weighted by atomic mass is 10.0. The molecule has 0 saturated carbocycles. The van der Waals surface area contributed by atoms with Crippen molar-refractivity contribution in [2.24, 2.45) is 40.5 Å². The van der Waals surface area contributed by atoms with E-state index in [1.165, 1.54) is 81.9 Å². The van der Waals surface area contributed by atoms with Gasteiger partial charge >= 0.3 is 5.97 Å². The van der Waals surface area contributed by atoms with Crippen LogP contribution in [0.15, 0.2) is 0 Å². The van der Waals surface area contributed by atoms with Gasteiger partial charge in [-0.15, -0.1) is 0 Å². The molecule has 0 aromatic heterocycles. The van der Waals surface area contributed by atoms with Crippen LogP contribution in [0.4, 0.5) is 0 Å². The van der Waals surface area contributed by atoms with Crippen LogP contribution in [0.2, 0.25) is 0 Å². The zero-order valence-electron chi connectivity index (χ0n) is 79.7. The Balaban J connectivity index is 1.34. The van der Waals surface area contributed by atoms with Crippen LogP contribution in [0, 0.1) is 22.7 Å². The molecule has 4 aliphatic rings. The summed E-state index contributed by atoms with van der Waals surface area (Å²) in [6.45, 7) is 15.4. The maximum atomic E-state index is 14.6. The second-order valence-corrected chi connectivity index (χ2v) is 35.5. The molecule has 4 fully saturated rings. The number of hydrogen-bond acceptors (Lipinski definition) is 28. The zero-order chi connectivity index (χ0) is 103. The van der Waals surface area contributed by atoms with Gasteiger partial charge in [0.15, 0.2) is 11.9 Å². The summed E-state index contributed by atoms with van der Waals surface area (Å²) in [5, 5.41) is 97.8. The molecular weight excluding hydrogens is 1800 g/mol. The van der Waals surface area contributed by atoms with Gasteiger partial charge in [-0.05, 0) is 177 Å². The Bertz CT molecular complexity index is 4290. The van der Waals surface area contributed by atoms with E-state index in [4.69, 9.17) is 39.5 Å². The van der Waals surface area contributed by atoms with Crippen molar-refractivity contribution in [3.05, 3.63) is 0 Å². The minimum Gasteiger partial charge on any atom is -0.480 e. The predicted octanol–water partition coefficient (Wildman–Crippen LogP) is -11.6. The van der Waals surface area contributed by atoms with Gasteiger partial charge < -0.3 is 159 Å². The van der Waals surface area contributed by atoms with Crippen LogP contribution in [0.5, 0.6) is 0 Å². The van der Waals surface area contributed by atoms with Crippen molar-refractivity contribution in [2.45, 2.75) is 319 Å². The summed E-state index contributed by atoms with van der Waals surface area (Å²) in [5.41, 5.74) is 27.7. The number of nitrogens with two attached hydrogens (primary N) is 5. The number of aliphatic carboxylic acids is 1. The SMILES string of the molecule is CC(C)[C@H](NC(=O)[C@H](C)NC(=O)CNC(=O)[C@H](CCC(N)=O)NC(=O)[C@H](C)NC(=O)[C@H](CCCNC(=N)N)NC(=O)[C@H](C)NC(=O)[C@@H]1CCCN1C(=O)[C@@H](NC(=O)[C@@H]1CCCN1C(=O)[C@H](C)NC(=O)[C@@H](NC(=O)[C@H](C)NC(=O)[C@@H]1CCCN1C(=O)[C@@H](N)[C@@H](C)O)[C@@H](C)O)C(C)C)C(=O)N[C@H](C(=O)NCC(=O)N[C@@H](CCCCN)C(=O)N1CCC[C@H]1C(=O)N[C@@H](CCCNC(=N)N)C(=O)O)[C@@H](C)O. The van der Waals surface area contributed by atoms with Crippen molar-refractivity contribution in [2.75, 3.05) is 58.9 Å². The van der Waals surface area contributed by atoms with Crippen molar-refractivity contribution in [3.63, 3.8) is 0 Å². The number of unbranched alkanes of at least 4 members (excludes halogenated alkanes) is 1. The summed E-state index contributed by atoms with van der Waals surface area (Å²) in [6, 6.07) is -24.6. The highest BCUT2D eigenvalue weighted by Crippen LogP contribution is 2.26. The highest BCUT2D eigenvalue weighted by atomic mass is 16.4. The number of rotatable bonds is 55. The molecule has 0 bridgehead atoms.